The van der Waals surface area contributed by atoms with Crippen LogP contribution in [0.25, 0.3) is 5.70 Å². The van der Waals surface area contributed by atoms with Gasteiger partial charge in [-0.25, -0.2) is 0 Å². The molecule has 1 aromatic heterocycles. The highest BCUT2D eigenvalue weighted by atomic mass is 16.5. The molecule has 9 nitrogen and oxygen atoms in total. The van der Waals surface area contributed by atoms with E-state index in [4.69, 9.17) is 15.5 Å². The van der Waals surface area contributed by atoms with Crippen LogP contribution in [0.4, 0.5) is 5.69 Å². The van der Waals surface area contributed by atoms with Crippen LogP contribution < -0.4 is 10.6 Å². The predicted octanol–water partition coefficient (Wildman–Crippen LogP) is 2.36. The van der Waals surface area contributed by atoms with Crippen molar-refractivity contribution in [1.82, 2.24) is 14.7 Å². The van der Waals surface area contributed by atoms with Crippen molar-refractivity contribution in [2.24, 2.45) is 17.8 Å². The van der Waals surface area contributed by atoms with E-state index in [0.717, 1.165) is 65.4 Å². The van der Waals surface area contributed by atoms with E-state index >= 15 is 0 Å². The molecule has 2 aromatic rings. The van der Waals surface area contributed by atoms with E-state index in [1.807, 2.05) is 31.0 Å². The van der Waals surface area contributed by atoms with E-state index in [2.05, 4.69) is 11.2 Å². The summed E-state index contributed by atoms with van der Waals surface area (Å²) >= 11 is 0. The molecule has 3 aliphatic heterocycles. The third-order valence-electron chi connectivity index (χ3n) is 7.64. The predicted molar refractivity (Wildman–Crippen MR) is 139 cm³/mol. The molecule has 190 valence electrons. The Labute approximate surface area is 211 Å². The van der Waals surface area contributed by atoms with Crippen LogP contribution in [0.2, 0.25) is 0 Å². The number of nitrogens with zero attached hydrogens (tertiary/aromatic N) is 5. The summed E-state index contributed by atoms with van der Waals surface area (Å²) in [5, 5.41) is 4.31. The van der Waals surface area contributed by atoms with E-state index in [1.165, 1.54) is 0 Å². The Balaban J connectivity index is 1.53. The van der Waals surface area contributed by atoms with Gasteiger partial charge in [-0.05, 0) is 30.9 Å². The van der Waals surface area contributed by atoms with Crippen LogP contribution in [0.1, 0.15) is 48.6 Å². The lowest BCUT2D eigenvalue weighted by Crippen LogP contribution is -2.41. The van der Waals surface area contributed by atoms with Crippen molar-refractivity contribution in [3.63, 3.8) is 0 Å². The van der Waals surface area contributed by atoms with Crippen molar-refractivity contribution < 1.29 is 14.3 Å². The van der Waals surface area contributed by atoms with Crippen LogP contribution in [-0.2, 0) is 34.3 Å². The summed E-state index contributed by atoms with van der Waals surface area (Å²) in [5.41, 5.74) is 14.0. The fraction of sp³-hybridized carbons (Fsp3) is 0.481. The fourth-order valence-corrected chi connectivity index (χ4v) is 5.32. The number of likely N-dealkylation sites (tertiary alicyclic amines) is 1. The van der Waals surface area contributed by atoms with Gasteiger partial charge in [0.1, 0.15) is 0 Å². The molecule has 2 N–H and O–H groups in total. The maximum Gasteiger partial charge on any atom is 0.231 e. The Hall–Kier alpha value is -3.46. The smallest absolute Gasteiger partial charge is 0.231 e. The molecule has 1 aromatic carbocycles. The van der Waals surface area contributed by atoms with E-state index in [-0.39, 0.29) is 24.3 Å². The number of carbonyl (C=O) groups is 2. The van der Waals surface area contributed by atoms with Crippen LogP contribution in [0, 0.1) is 6.92 Å². The maximum absolute atomic E-state index is 13.3. The minimum Gasteiger partial charge on any atom is -0.398 e. The summed E-state index contributed by atoms with van der Waals surface area (Å²) in [5.74, 6) is 0.0483. The number of hydrogen-bond donors (Lipinski definition) is 1. The van der Waals surface area contributed by atoms with Gasteiger partial charge in [-0.1, -0.05) is 18.2 Å². The summed E-state index contributed by atoms with van der Waals surface area (Å²) in [7, 11) is 1.88. The molecule has 0 atom stereocenters. The lowest BCUT2D eigenvalue weighted by molar-refractivity contribution is -0.128. The van der Waals surface area contributed by atoms with Gasteiger partial charge >= 0.3 is 0 Å². The van der Waals surface area contributed by atoms with Crippen molar-refractivity contribution in [1.29, 1.82) is 0 Å². The number of aromatic nitrogens is 2. The summed E-state index contributed by atoms with van der Waals surface area (Å²) in [6.45, 7) is 6.54. The zero-order valence-electron chi connectivity index (χ0n) is 21.3. The molecular weight excluding hydrogens is 456 g/mol. The van der Waals surface area contributed by atoms with Crippen molar-refractivity contribution in [3.05, 3.63) is 52.4 Å². The normalized spacial score (nSPS) is 21.6. The summed E-state index contributed by atoms with van der Waals surface area (Å²) in [6, 6.07) is 6.25. The van der Waals surface area contributed by atoms with Gasteiger partial charge < -0.3 is 20.3 Å². The van der Waals surface area contributed by atoms with E-state index in [9.17, 15) is 9.59 Å². The second-order valence-corrected chi connectivity index (χ2v) is 9.84. The summed E-state index contributed by atoms with van der Waals surface area (Å²) in [6.07, 6.45) is 4.47. The number of ether oxygens (including phenoxy) is 1. The average Bonchev–Trinajstić information content (AvgIpc) is 3.21. The lowest BCUT2D eigenvalue weighted by atomic mass is 9.89. The Bertz CT molecular complexity index is 1250. The quantitative estimate of drug-likeness (QED) is 0.711. The number of nitrogens with two attached hydrogens (primary N) is 1. The standard InChI is InChI=1S/C27H34N6O3/c1-17-25(14-29-31(17)3)33-15-19-5-4-6-21(22(19)13-26(33)35)27(28)23-16-32(18(2)34)10-7-24(23)30-20-8-11-36-12-9-20/h4-6,14,20H,7-13,15-16,28H2,1-3H3. The fourth-order valence-electron chi connectivity index (χ4n) is 5.32. The number of rotatable bonds is 3. The van der Waals surface area contributed by atoms with Crippen molar-refractivity contribution >= 4 is 28.9 Å². The van der Waals surface area contributed by atoms with Crippen LogP contribution in [-0.4, -0.2) is 64.6 Å². The molecule has 2 fully saturated rings. The molecule has 36 heavy (non-hydrogen) atoms. The van der Waals surface area contributed by atoms with Crippen LogP contribution >= 0.6 is 0 Å². The van der Waals surface area contributed by atoms with Gasteiger partial charge in [-0.2, -0.15) is 5.10 Å². The lowest BCUT2D eigenvalue weighted by Gasteiger charge is -2.33. The van der Waals surface area contributed by atoms with Crippen molar-refractivity contribution in [2.75, 3.05) is 31.2 Å². The molecule has 0 saturated carbocycles. The van der Waals surface area contributed by atoms with Crippen LogP contribution in [0.5, 0.6) is 0 Å². The average molecular weight is 491 g/mol. The van der Waals surface area contributed by atoms with Crippen molar-refractivity contribution in [2.45, 2.75) is 52.1 Å². The molecule has 4 heterocycles. The number of benzene rings is 1. The zero-order valence-corrected chi connectivity index (χ0v) is 21.3. The topological polar surface area (TPSA) is 106 Å². The maximum atomic E-state index is 13.3. The number of aliphatic imine (C=N–C) groups is 1. The monoisotopic (exact) mass is 490 g/mol. The first-order valence-corrected chi connectivity index (χ1v) is 12.6. The summed E-state index contributed by atoms with van der Waals surface area (Å²) in [4.78, 5) is 34.2. The van der Waals surface area contributed by atoms with Crippen LogP contribution in [0.3, 0.4) is 0 Å². The zero-order chi connectivity index (χ0) is 25.4. The highest BCUT2D eigenvalue weighted by Crippen LogP contribution is 2.32. The number of piperidine rings is 1. The van der Waals surface area contributed by atoms with E-state index in [1.54, 1.807) is 22.7 Å². The van der Waals surface area contributed by atoms with Gasteiger partial charge in [0.15, 0.2) is 0 Å². The number of aryl methyl sites for hydroxylation is 1. The minimum atomic E-state index is 0.0222. The van der Waals surface area contributed by atoms with E-state index in [0.29, 0.717) is 31.8 Å². The first-order valence-electron chi connectivity index (χ1n) is 12.6. The highest BCUT2D eigenvalue weighted by molar-refractivity contribution is 6.08. The molecule has 0 bridgehead atoms. The van der Waals surface area contributed by atoms with E-state index < -0.39 is 0 Å². The Kier molecular flexibility index (Phi) is 6.66. The van der Waals surface area contributed by atoms with Gasteiger partial charge in [-0.3, -0.25) is 19.3 Å². The summed E-state index contributed by atoms with van der Waals surface area (Å²) < 4.78 is 7.28. The SMILES string of the molecule is CC(=O)N1CCC(=NC2CCOCC2)C(=C(N)c2cccc3c2CC(=O)N(c2cnn(C)c2C)C3)C1. The minimum absolute atomic E-state index is 0.0222. The van der Waals surface area contributed by atoms with Gasteiger partial charge in [-0.15, -0.1) is 0 Å². The van der Waals surface area contributed by atoms with Gasteiger partial charge in [0.05, 0.1) is 36.6 Å². The van der Waals surface area contributed by atoms with Crippen molar-refractivity contribution in [3.8, 4) is 0 Å². The number of fused-ring (bicyclic) bond motifs is 1. The molecule has 0 aliphatic carbocycles. The third-order valence-corrected chi connectivity index (χ3v) is 7.64. The molecule has 0 spiro atoms. The molecule has 2 saturated heterocycles. The Morgan fingerprint density at radius 3 is 2.69 bits per heavy atom. The second kappa shape index (κ2) is 9.89. The third kappa shape index (κ3) is 4.55. The first kappa shape index (κ1) is 24.2. The first-order chi connectivity index (χ1) is 17.3. The molecule has 3 aliphatic rings. The number of carbonyl (C=O) groups excluding carboxylic acids is 2. The van der Waals surface area contributed by atoms with Gasteiger partial charge in [0.2, 0.25) is 11.8 Å². The number of hydrogen-bond acceptors (Lipinski definition) is 6. The van der Waals surface area contributed by atoms with Gasteiger partial charge in [0.25, 0.3) is 0 Å². The highest BCUT2D eigenvalue weighted by Gasteiger charge is 2.31. The Morgan fingerprint density at radius 2 is 2.00 bits per heavy atom. The molecule has 2 amide bonds. The number of amides is 2. The Morgan fingerprint density at radius 1 is 1.22 bits per heavy atom. The second-order valence-electron chi connectivity index (χ2n) is 9.84. The molecular formula is C27H34N6O3. The molecule has 9 heteroatoms. The van der Waals surface area contributed by atoms with Gasteiger partial charge in [0, 0.05) is 69.2 Å². The largest absolute Gasteiger partial charge is 0.398 e. The molecule has 5 rings (SSSR count). The molecule has 0 unspecified atom stereocenters. The number of anilines is 1. The molecule has 0 radical (unpaired) electrons. The van der Waals surface area contributed by atoms with Crippen LogP contribution in [0.15, 0.2) is 35.0 Å².